The molecule has 7 nitrogen and oxygen atoms in total. The Morgan fingerprint density at radius 1 is 1.09 bits per heavy atom. The maximum atomic E-state index is 12.9. The number of ether oxygens (including phenoxy) is 2. The number of para-hydroxylation sites is 1. The number of thiazole rings is 1. The SMILES string of the molecule is C[C@H](c1nc2ccccc2s1)N(C)C(=O)CN1CCN(Cc2ccc3c(c2)OCO3)CC1. The number of rotatable bonds is 6. The molecule has 3 aromatic rings. The summed E-state index contributed by atoms with van der Waals surface area (Å²) in [5.41, 5.74) is 2.22. The molecule has 0 radical (unpaired) electrons. The van der Waals surface area contributed by atoms with E-state index in [-0.39, 0.29) is 11.9 Å². The van der Waals surface area contributed by atoms with E-state index in [9.17, 15) is 4.79 Å². The van der Waals surface area contributed by atoms with Gasteiger partial charge in [-0.05, 0) is 36.8 Å². The molecule has 2 aliphatic rings. The summed E-state index contributed by atoms with van der Waals surface area (Å²) in [6.07, 6.45) is 0. The highest BCUT2D eigenvalue weighted by Gasteiger charge is 2.25. The Bertz CT molecular complexity index is 1080. The predicted molar refractivity (Wildman–Crippen MR) is 125 cm³/mol. The van der Waals surface area contributed by atoms with Gasteiger partial charge in [0, 0.05) is 39.8 Å². The highest BCUT2D eigenvalue weighted by atomic mass is 32.1. The lowest BCUT2D eigenvalue weighted by molar-refractivity contribution is -0.133. The number of carbonyl (C=O) groups excluding carboxylic acids is 1. The van der Waals surface area contributed by atoms with Gasteiger partial charge in [0.2, 0.25) is 12.7 Å². The third-order valence-corrected chi connectivity index (χ3v) is 7.52. The van der Waals surface area contributed by atoms with E-state index in [1.165, 1.54) is 5.56 Å². The summed E-state index contributed by atoms with van der Waals surface area (Å²) in [6, 6.07) is 14.2. The van der Waals surface area contributed by atoms with E-state index in [1.54, 1.807) is 11.3 Å². The molecule has 0 unspecified atom stereocenters. The van der Waals surface area contributed by atoms with Crippen molar-refractivity contribution in [2.75, 3.05) is 46.6 Å². The number of hydrogen-bond acceptors (Lipinski definition) is 7. The van der Waals surface area contributed by atoms with Crippen LogP contribution < -0.4 is 9.47 Å². The molecule has 3 heterocycles. The van der Waals surface area contributed by atoms with Crippen LogP contribution in [0.3, 0.4) is 0 Å². The molecule has 32 heavy (non-hydrogen) atoms. The number of benzene rings is 2. The Morgan fingerprint density at radius 2 is 1.84 bits per heavy atom. The average Bonchev–Trinajstić information content (AvgIpc) is 3.46. The lowest BCUT2D eigenvalue weighted by Gasteiger charge is -2.35. The Kier molecular flexibility index (Phi) is 5.99. The molecule has 8 heteroatoms. The van der Waals surface area contributed by atoms with Gasteiger partial charge in [0.15, 0.2) is 11.5 Å². The molecule has 0 bridgehead atoms. The van der Waals surface area contributed by atoms with Crippen LogP contribution in [0.25, 0.3) is 10.2 Å². The Balaban J connectivity index is 1.12. The molecule has 1 atom stereocenters. The molecular weight excluding hydrogens is 424 g/mol. The van der Waals surface area contributed by atoms with E-state index in [2.05, 4.69) is 34.9 Å². The fourth-order valence-electron chi connectivity index (χ4n) is 4.16. The summed E-state index contributed by atoms with van der Waals surface area (Å²) in [7, 11) is 1.88. The van der Waals surface area contributed by atoms with Gasteiger partial charge in [0.1, 0.15) is 5.01 Å². The van der Waals surface area contributed by atoms with Crippen molar-refractivity contribution in [1.29, 1.82) is 0 Å². The summed E-state index contributed by atoms with van der Waals surface area (Å²) < 4.78 is 12.0. The number of fused-ring (bicyclic) bond motifs is 2. The normalized spacial score (nSPS) is 17.6. The van der Waals surface area contributed by atoms with Gasteiger partial charge in [-0.15, -0.1) is 11.3 Å². The van der Waals surface area contributed by atoms with E-state index in [0.29, 0.717) is 13.3 Å². The van der Waals surface area contributed by atoms with Gasteiger partial charge in [0.25, 0.3) is 0 Å². The van der Waals surface area contributed by atoms with Crippen LogP contribution in [-0.4, -0.2) is 72.2 Å². The minimum absolute atomic E-state index is 0.0350. The molecule has 1 saturated heterocycles. The van der Waals surface area contributed by atoms with Crippen molar-refractivity contribution in [3.05, 3.63) is 53.0 Å². The summed E-state index contributed by atoms with van der Waals surface area (Å²) in [6.45, 7) is 7.35. The third-order valence-electron chi connectivity index (χ3n) is 6.31. The predicted octanol–water partition coefficient (Wildman–Crippen LogP) is 3.36. The van der Waals surface area contributed by atoms with Crippen LogP contribution in [0.15, 0.2) is 42.5 Å². The molecule has 2 aliphatic heterocycles. The molecule has 1 fully saturated rings. The molecule has 0 N–H and O–H groups in total. The number of nitrogens with zero attached hydrogens (tertiary/aromatic N) is 4. The molecule has 1 aromatic heterocycles. The van der Waals surface area contributed by atoms with Gasteiger partial charge in [-0.3, -0.25) is 14.6 Å². The van der Waals surface area contributed by atoms with Crippen LogP contribution in [0.5, 0.6) is 11.5 Å². The molecule has 2 aromatic carbocycles. The third kappa shape index (κ3) is 4.44. The maximum absolute atomic E-state index is 12.9. The van der Waals surface area contributed by atoms with Gasteiger partial charge in [-0.1, -0.05) is 18.2 Å². The van der Waals surface area contributed by atoms with E-state index < -0.39 is 0 Å². The average molecular weight is 453 g/mol. The van der Waals surface area contributed by atoms with Gasteiger partial charge >= 0.3 is 0 Å². The molecule has 0 spiro atoms. The van der Waals surface area contributed by atoms with E-state index in [0.717, 1.165) is 59.4 Å². The van der Waals surface area contributed by atoms with Crippen molar-refractivity contribution in [3.8, 4) is 11.5 Å². The van der Waals surface area contributed by atoms with Crippen LogP contribution >= 0.6 is 11.3 Å². The number of hydrogen-bond donors (Lipinski definition) is 0. The molecule has 168 valence electrons. The molecule has 5 rings (SSSR count). The number of amides is 1. The fraction of sp³-hybridized carbons (Fsp3) is 0.417. The van der Waals surface area contributed by atoms with Crippen LogP contribution in [0.1, 0.15) is 23.5 Å². The first-order chi connectivity index (χ1) is 15.6. The van der Waals surface area contributed by atoms with E-state index in [1.807, 2.05) is 36.2 Å². The quantitative estimate of drug-likeness (QED) is 0.572. The maximum Gasteiger partial charge on any atom is 0.237 e. The van der Waals surface area contributed by atoms with Gasteiger partial charge in [0.05, 0.1) is 22.8 Å². The van der Waals surface area contributed by atoms with Gasteiger partial charge < -0.3 is 14.4 Å². The van der Waals surface area contributed by atoms with Crippen molar-refractivity contribution in [3.63, 3.8) is 0 Å². The zero-order chi connectivity index (χ0) is 22.1. The minimum atomic E-state index is -0.0350. The zero-order valence-electron chi connectivity index (χ0n) is 18.5. The lowest BCUT2D eigenvalue weighted by Crippen LogP contribution is -2.49. The van der Waals surface area contributed by atoms with Crippen LogP contribution in [0.2, 0.25) is 0 Å². The van der Waals surface area contributed by atoms with Crippen molar-refractivity contribution < 1.29 is 14.3 Å². The monoisotopic (exact) mass is 452 g/mol. The highest BCUT2D eigenvalue weighted by Crippen LogP contribution is 2.33. The summed E-state index contributed by atoms with van der Waals surface area (Å²) in [5, 5.41) is 0.982. The Labute approximate surface area is 192 Å². The van der Waals surface area contributed by atoms with Crippen LogP contribution in [0, 0.1) is 0 Å². The number of aromatic nitrogens is 1. The van der Waals surface area contributed by atoms with E-state index >= 15 is 0 Å². The van der Waals surface area contributed by atoms with E-state index in [4.69, 9.17) is 14.5 Å². The first-order valence-corrected chi connectivity index (χ1v) is 11.8. The van der Waals surface area contributed by atoms with Crippen molar-refractivity contribution in [2.24, 2.45) is 0 Å². The van der Waals surface area contributed by atoms with Crippen molar-refractivity contribution in [1.82, 2.24) is 19.7 Å². The molecule has 1 amide bonds. The first-order valence-electron chi connectivity index (χ1n) is 11.0. The standard InChI is InChI=1S/C24H28N4O3S/c1-17(24-25-19-5-3-4-6-22(19)32-24)26(2)23(29)15-28-11-9-27(10-12-28)14-18-7-8-20-21(13-18)31-16-30-20/h3-8,13,17H,9-12,14-16H2,1-2H3/t17-/m1/s1. The second kappa shape index (κ2) is 9.05. The summed E-state index contributed by atoms with van der Waals surface area (Å²) in [5.74, 6) is 1.79. The minimum Gasteiger partial charge on any atom is -0.454 e. The van der Waals surface area contributed by atoms with Crippen LogP contribution in [0.4, 0.5) is 0 Å². The first kappa shape index (κ1) is 21.2. The van der Waals surface area contributed by atoms with Crippen molar-refractivity contribution >= 4 is 27.5 Å². The second-order valence-corrected chi connectivity index (χ2v) is 9.50. The Hall–Kier alpha value is -2.68. The summed E-state index contributed by atoms with van der Waals surface area (Å²) >= 11 is 1.66. The lowest BCUT2D eigenvalue weighted by atomic mass is 10.1. The summed E-state index contributed by atoms with van der Waals surface area (Å²) in [4.78, 5) is 24.2. The topological polar surface area (TPSA) is 58.1 Å². The Morgan fingerprint density at radius 3 is 2.66 bits per heavy atom. The van der Waals surface area contributed by atoms with Gasteiger partial charge in [-0.25, -0.2) is 4.98 Å². The van der Waals surface area contributed by atoms with Crippen LogP contribution in [-0.2, 0) is 11.3 Å². The zero-order valence-corrected chi connectivity index (χ0v) is 19.3. The molecular formula is C24H28N4O3S. The number of likely N-dealkylation sites (N-methyl/N-ethyl adjacent to an activating group) is 1. The second-order valence-electron chi connectivity index (χ2n) is 8.44. The largest absolute Gasteiger partial charge is 0.454 e. The highest BCUT2D eigenvalue weighted by molar-refractivity contribution is 7.18. The molecule has 0 saturated carbocycles. The van der Waals surface area contributed by atoms with Gasteiger partial charge in [-0.2, -0.15) is 0 Å². The number of piperazine rings is 1. The number of carbonyl (C=O) groups is 1. The molecule has 0 aliphatic carbocycles. The van der Waals surface area contributed by atoms with Crippen molar-refractivity contribution in [2.45, 2.75) is 19.5 Å². The fourth-order valence-corrected chi connectivity index (χ4v) is 5.22. The smallest absolute Gasteiger partial charge is 0.237 e.